The maximum Gasteiger partial charge on any atom is 0.0431 e. The van der Waals surface area contributed by atoms with E-state index in [1.807, 2.05) is 0 Å². The Morgan fingerprint density at radius 1 is 0.571 bits per heavy atom. The van der Waals surface area contributed by atoms with Gasteiger partial charge in [0, 0.05) is 6.61 Å². The molecule has 122 valence electrons. The van der Waals surface area contributed by atoms with E-state index in [9.17, 15) is 0 Å². The van der Waals surface area contributed by atoms with E-state index in [0.717, 1.165) is 19.3 Å². The van der Waals surface area contributed by atoms with Gasteiger partial charge in [0.2, 0.25) is 0 Å². The summed E-state index contributed by atoms with van der Waals surface area (Å²) in [5, 5.41) is 8.67. The van der Waals surface area contributed by atoms with E-state index < -0.39 is 0 Å². The minimum absolute atomic E-state index is 0.352. The summed E-state index contributed by atoms with van der Waals surface area (Å²) in [5.74, 6) is 0. The second-order valence-electron chi connectivity index (χ2n) is 5.66. The molecule has 0 radical (unpaired) electrons. The lowest BCUT2D eigenvalue weighted by atomic mass is 10.1. The molecule has 21 heavy (non-hydrogen) atoms. The predicted octanol–water partition coefficient (Wildman–Crippen LogP) is 6.35. The summed E-state index contributed by atoms with van der Waals surface area (Å²) >= 11 is 0. The van der Waals surface area contributed by atoms with Crippen molar-refractivity contribution < 1.29 is 5.11 Å². The first-order valence-corrected chi connectivity index (χ1v) is 8.97. The molecule has 0 heterocycles. The van der Waals surface area contributed by atoms with Crippen molar-refractivity contribution in [2.75, 3.05) is 6.61 Å². The van der Waals surface area contributed by atoms with Crippen LogP contribution in [0, 0.1) is 0 Å². The molecule has 0 bridgehead atoms. The summed E-state index contributed by atoms with van der Waals surface area (Å²) in [6, 6.07) is 0. The highest BCUT2D eigenvalue weighted by atomic mass is 16.2. The summed E-state index contributed by atoms with van der Waals surface area (Å²) < 4.78 is 0. The smallest absolute Gasteiger partial charge is 0.0431 e. The lowest BCUT2D eigenvalue weighted by Gasteiger charge is -1.98. The van der Waals surface area contributed by atoms with Crippen molar-refractivity contribution in [2.45, 2.75) is 84.0 Å². The highest BCUT2D eigenvalue weighted by molar-refractivity contribution is 4.97. The summed E-state index contributed by atoms with van der Waals surface area (Å²) in [6.07, 6.45) is 28.2. The van der Waals surface area contributed by atoms with Gasteiger partial charge in [-0.3, -0.25) is 0 Å². The van der Waals surface area contributed by atoms with Crippen LogP contribution in [0.3, 0.4) is 0 Å². The number of aliphatic hydroxyl groups excluding tert-OH is 1. The predicted molar refractivity (Wildman–Crippen MR) is 95.6 cm³/mol. The normalized spacial score (nSPS) is 12.3. The summed E-state index contributed by atoms with van der Waals surface area (Å²) in [6.45, 7) is 2.59. The molecule has 0 aromatic rings. The Hall–Kier alpha value is -0.820. The Balaban J connectivity index is 3.23. The van der Waals surface area contributed by atoms with E-state index in [-0.39, 0.29) is 0 Å². The number of hydrogen-bond donors (Lipinski definition) is 1. The number of allylic oxidation sites excluding steroid dienone is 6. The Labute approximate surface area is 132 Å². The molecule has 1 heteroatoms. The fourth-order valence-electron chi connectivity index (χ4n) is 2.18. The van der Waals surface area contributed by atoms with Crippen molar-refractivity contribution >= 4 is 0 Å². The quantitative estimate of drug-likeness (QED) is 0.275. The Bertz CT molecular complexity index is 263. The number of hydrogen-bond acceptors (Lipinski definition) is 1. The van der Waals surface area contributed by atoms with Crippen molar-refractivity contribution in [2.24, 2.45) is 0 Å². The van der Waals surface area contributed by atoms with Gasteiger partial charge in [0.1, 0.15) is 0 Å². The molecule has 0 rings (SSSR count). The number of rotatable bonds is 15. The van der Waals surface area contributed by atoms with Crippen molar-refractivity contribution in [3.63, 3.8) is 0 Å². The molecule has 0 saturated carbocycles. The minimum atomic E-state index is 0.352. The van der Waals surface area contributed by atoms with Gasteiger partial charge in [0.05, 0.1) is 0 Å². The fraction of sp³-hybridized carbons (Fsp3) is 0.700. The molecule has 0 aliphatic rings. The number of aliphatic hydroxyl groups is 1. The van der Waals surface area contributed by atoms with E-state index in [4.69, 9.17) is 5.11 Å². The maximum absolute atomic E-state index is 8.67. The highest BCUT2D eigenvalue weighted by Crippen LogP contribution is 2.07. The summed E-state index contributed by atoms with van der Waals surface area (Å²) in [5.41, 5.74) is 0. The molecular weight excluding hydrogens is 256 g/mol. The third kappa shape index (κ3) is 19.2. The first-order valence-electron chi connectivity index (χ1n) is 8.97. The lowest BCUT2D eigenvalue weighted by Crippen LogP contribution is -1.83. The third-order valence-electron chi connectivity index (χ3n) is 3.55. The fourth-order valence-corrected chi connectivity index (χ4v) is 2.18. The van der Waals surface area contributed by atoms with Crippen LogP contribution in [-0.2, 0) is 0 Å². The van der Waals surface area contributed by atoms with Crippen LogP contribution in [0.25, 0.3) is 0 Å². The van der Waals surface area contributed by atoms with Crippen molar-refractivity contribution in [3.8, 4) is 0 Å². The minimum Gasteiger partial charge on any atom is -0.396 e. The summed E-state index contributed by atoms with van der Waals surface area (Å²) in [4.78, 5) is 0. The standard InChI is InChI=1S/C20H36O/c1-2-3-4-5-6-7-8-9-10-11-12-13-14-15-16-17-18-19-20-21/h5-6,8-9,11-12,21H,2-4,7,10,13-20H2,1H3. The SMILES string of the molecule is CCCCC=CCC=CCC=CCCCCCCCCO. The van der Waals surface area contributed by atoms with Crippen LogP contribution in [0.4, 0.5) is 0 Å². The van der Waals surface area contributed by atoms with Gasteiger partial charge in [-0.1, -0.05) is 81.9 Å². The number of unbranched alkanes of at least 4 members (excludes halogenated alkanes) is 8. The zero-order valence-electron chi connectivity index (χ0n) is 14.1. The van der Waals surface area contributed by atoms with E-state index in [2.05, 4.69) is 43.4 Å². The lowest BCUT2D eigenvalue weighted by molar-refractivity contribution is 0.282. The van der Waals surface area contributed by atoms with Gasteiger partial charge in [-0.15, -0.1) is 0 Å². The van der Waals surface area contributed by atoms with Gasteiger partial charge >= 0.3 is 0 Å². The third-order valence-corrected chi connectivity index (χ3v) is 3.55. The monoisotopic (exact) mass is 292 g/mol. The van der Waals surface area contributed by atoms with Crippen LogP contribution < -0.4 is 0 Å². The van der Waals surface area contributed by atoms with Crippen LogP contribution in [0.2, 0.25) is 0 Å². The van der Waals surface area contributed by atoms with Crippen LogP contribution in [0.5, 0.6) is 0 Å². The second kappa shape index (κ2) is 19.2. The molecule has 0 aliphatic carbocycles. The van der Waals surface area contributed by atoms with E-state index >= 15 is 0 Å². The average Bonchev–Trinajstić information content (AvgIpc) is 2.50. The molecule has 0 fully saturated rings. The first kappa shape index (κ1) is 20.2. The van der Waals surface area contributed by atoms with Crippen molar-refractivity contribution in [1.29, 1.82) is 0 Å². The van der Waals surface area contributed by atoms with Gasteiger partial charge in [0.25, 0.3) is 0 Å². The van der Waals surface area contributed by atoms with Crippen molar-refractivity contribution in [1.82, 2.24) is 0 Å². The molecule has 0 aliphatic heterocycles. The molecule has 0 amide bonds. The van der Waals surface area contributed by atoms with Gasteiger partial charge in [-0.25, -0.2) is 0 Å². The molecule has 1 N–H and O–H groups in total. The van der Waals surface area contributed by atoms with Gasteiger partial charge in [-0.2, -0.15) is 0 Å². The molecule has 0 spiro atoms. The second-order valence-corrected chi connectivity index (χ2v) is 5.66. The molecular formula is C20H36O. The van der Waals surface area contributed by atoms with E-state index in [1.165, 1.54) is 57.8 Å². The van der Waals surface area contributed by atoms with Gasteiger partial charge in [-0.05, 0) is 38.5 Å². The zero-order chi connectivity index (χ0) is 15.4. The van der Waals surface area contributed by atoms with Gasteiger partial charge in [0.15, 0.2) is 0 Å². The molecule has 0 atom stereocenters. The van der Waals surface area contributed by atoms with Crippen LogP contribution >= 0.6 is 0 Å². The van der Waals surface area contributed by atoms with Gasteiger partial charge < -0.3 is 5.11 Å². The largest absolute Gasteiger partial charge is 0.396 e. The van der Waals surface area contributed by atoms with Crippen LogP contribution in [-0.4, -0.2) is 11.7 Å². The van der Waals surface area contributed by atoms with Crippen LogP contribution in [0.1, 0.15) is 84.0 Å². The summed E-state index contributed by atoms with van der Waals surface area (Å²) in [7, 11) is 0. The average molecular weight is 293 g/mol. The maximum atomic E-state index is 8.67. The highest BCUT2D eigenvalue weighted by Gasteiger charge is 1.89. The Kier molecular flexibility index (Phi) is 18.4. The van der Waals surface area contributed by atoms with Crippen LogP contribution in [0.15, 0.2) is 36.5 Å². The van der Waals surface area contributed by atoms with E-state index in [0.29, 0.717) is 6.61 Å². The van der Waals surface area contributed by atoms with E-state index in [1.54, 1.807) is 0 Å². The molecule has 0 aromatic carbocycles. The molecule has 0 unspecified atom stereocenters. The molecule has 0 aromatic heterocycles. The molecule has 1 nitrogen and oxygen atoms in total. The zero-order valence-corrected chi connectivity index (χ0v) is 14.1. The van der Waals surface area contributed by atoms with Crippen molar-refractivity contribution in [3.05, 3.63) is 36.5 Å². The Morgan fingerprint density at radius 3 is 1.62 bits per heavy atom. The Morgan fingerprint density at radius 2 is 1.05 bits per heavy atom. The first-order chi connectivity index (χ1) is 10.4. The molecule has 0 saturated heterocycles. The topological polar surface area (TPSA) is 20.2 Å².